The first-order valence-corrected chi connectivity index (χ1v) is 10.2. The van der Waals surface area contributed by atoms with Crippen LogP contribution >= 0.6 is 15.9 Å². The van der Waals surface area contributed by atoms with Gasteiger partial charge in [0.1, 0.15) is 22.3 Å². The van der Waals surface area contributed by atoms with Crippen molar-refractivity contribution >= 4 is 44.7 Å². The number of halogens is 2. The van der Waals surface area contributed by atoms with E-state index < -0.39 is 29.0 Å². The topological polar surface area (TPSA) is 143 Å². The summed E-state index contributed by atoms with van der Waals surface area (Å²) in [7, 11) is 0. The van der Waals surface area contributed by atoms with Crippen molar-refractivity contribution in [2.24, 2.45) is 11.1 Å². The Morgan fingerprint density at radius 3 is 2.58 bits per heavy atom. The van der Waals surface area contributed by atoms with Gasteiger partial charge in [-0.15, -0.1) is 0 Å². The van der Waals surface area contributed by atoms with Gasteiger partial charge in [0, 0.05) is 23.1 Å². The van der Waals surface area contributed by atoms with Crippen LogP contribution in [0.15, 0.2) is 34.8 Å². The summed E-state index contributed by atoms with van der Waals surface area (Å²) < 4.78 is 15.2. The lowest BCUT2D eigenvalue weighted by molar-refractivity contribution is -0.135. The van der Waals surface area contributed by atoms with E-state index >= 15 is 0 Å². The van der Waals surface area contributed by atoms with Crippen molar-refractivity contribution in [3.05, 3.63) is 57.3 Å². The quantitative estimate of drug-likeness (QED) is 0.374. The molecule has 11 heteroatoms. The largest absolute Gasteiger partial charge is 0.369 e. The summed E-state index contributed by atoms with van der Waals surface area (Å²) in [5.41, 5.74) is 6.21. The molecule has 0 aliphatic heterocycles. The Hall–Kier alpha value is -3.34. The molecular formula is C20H18BrFN6O3. The standard InChI is InChI=1S/C20H18BrFN6O3/c21-12-6-13(16-15(7-12)26-28-27-16)17(29)24-9-11-2-1-10(5-14(11)22)8-25-19(31)20(3-4-20)18(23)30/h1-2,5-7H,3-4,8-9H2,(H2,23,30)(H,24,29)(H,25,31)(H,26,27,28). The molecule has 1 fully saturated rings. The van der Waals surface area contributed by atoms with Crippen LogP contribution in [0.4, 0.5) is 4.39 Å². The van der Waals surface area contributed by atoms with Gasteiger partial charge in [-0.3, -0.25) is 14.4 Å². The molecule has 1 heterocycles. The van der Waals surface area contributed by atoms with Crippen molar-refractivity contribution < 1.29 is 18.8 Å². The van der Waals surface area contributed by atoms with Crippen LogP contribution in [-0.4, -0.2) is 33.1 Å². The number of fused-ring (bicyclic) bond motifs is 1. The van der Waals surface area contributed by atoms with Gasteiger partial charge in [0.05, 0.1) is 5.56 Å². The fourth-order valence-electron chi connectivity index (χ4n) is 3.27. The van der Waals surface area contributed by atoms with Crippen molar-refractivity contribution in [2.45, 2.75) is 25.9 Å². The summed E-state index contributed by atoms with van der Waals surface area (Å²) in [5, 5.41) is 15.7. The van der Waals surface area contributed by atoms with Crippen LogP contribution in [0.2, 0.25) is 0 Å². The van der Waals surface area contributed by atoms with Gasteiger partial charge in [0.25, 0.3) is 5.91 Å². The van der Waals surface area contributed by atoms with Crippen molar-refractivity contribution in [2.75, 3.05) is 0 Å². The second kappa shape index (κ2) is 8.06. The van der Waals surface area contributed by atoms with E-state index in [4.69, 9.17) is 5.73 Å². The Morgan fingerprint density at radius 1 is 1.13 bits per heavy atom. The number of carbonyl (C=O) groups is 3. The van der Waals surface area contributed by atoms with Crippen molar-refractivity contribution in [3.8, 4) is 0 Å². The molecule has 0 unspecified atom stereocenters. The van der Waals surface area contributed by atoms with E-state index in [9.17, 15) is 18.8 Å². The minimum Gasteiger partial charge on any atom is -0.369 e. The second-order valence-corrected chi connectivity index (χ2v) is 8.30. The molecule has 160 valence electrons. The fourth-order valence-corrected chi connectivity index (χ4v) is 3.71. The Morgan fingerprint density at radius 2 is 1.90 bits per heavy atom. The first kappa shape index (κ1) is 20.9. The fraction of sp³-hybridized carbons (Fsp3) is 0.250. The number of H-pyrrole nitrogens is 1. The molecule has 0 spiro atoms. The molecule has 31 heavy (non-hydrogen) atoms. The monoisotopic (exact) mass is 488 g/mol. The van der Waals surface area contributed by atoms with E-state index in [-0.39, 0.29) is 18.7 Å². The summed E-state index contributed by atoms with van der Waals surface area (Å²) in [6.07, 6.45) is 0.861. The first-order valence-electron chi connectivity index (χ1n) is 9.44. The molecule has 1 aliphatic rings. The predicted molar refractivity (Wildman–Crippen MR) is 112 cm³/mol. The highest BCUT2D eigenvalue weighted by atomic mass is 79.9. The molecule has 9 nitrogen and oxygen atoms in total. The zero-order valence-electron chi connectivity index (χ0n) is 16.2. The summed E-state index contributed by atoms with van der Waals surface area (Å²) >= 11 is 3.32. The van der Waals surface area contributed by atoms with Crippen molar-refractivity contribution in [3.63, 3.8) is 0 Å². The van der Waals surface area contributed by atoms with E-state index in [1.807, 2.05) is 0 Å². The average molecular weight is 489 g/mol. The number of carbonyl (C=O) groups excluding carboxylic acids is 3. The third-order valence-electron chi connectivity index (χ3n) is 5.30. The lowest BCUT2D eigenvalue weighted by atomic mass is 10.1. The molecule has 4 rings (SSSR count). The number of primary amides is 1. The number of rotatable bonds is 7. The van der Waals surface area contributed by atoms with Crippen LogP contribution in [0.3, 0.4) is 0 Å². The molecule has 1 aliphatic carbocycles. The molecule has 2 aromatic carbocycles. The second-order valence-electron chi connectivity index (χ2n) is 7.38. The van der Waals surface area contributed by atoms with Crippen LogP contribution in [0.5, 0.6) is 0 Å². The van der Waals surface area contributed by atoms with Gasteiger partial charge in [-0.25, -0.2) is 4.39 Å². The highest BCUT2D eigenvalue weighted by Crippen LogP contribution is 2.45. The van der Waals surface area contributed by atoms with Gasteiger partial charge in [-0.05, 0) is 36.6 Å². The number of amides is 3. The normalized spacial score (nSPS) is 14.3. The lowest BCUT2D eigenvalue weighted by Gasteiger charge is -2.12. The van der Waals surface area contributed by atoms with Crippen LogP contribution in [0.1, 0.15) is 34.3 Å². The molecule has 0 radical (unpaired) electrons. The molecule has 5 N–H and O–H groups in total. The van der Waals surface area contributed by atoms with E-state index in [1.165, 1.54) is 12.1 Å². The lowest BCUT2D eigenvalue weighted by Crippen LogP contribution is -2.40. The maximum atomic E-state index is 14.5. The smallest absolute Gasteiger partial charge is 0.253 e. The van der Waals surface area contributed by atoms with Gasteiger partial charge >= 0.3 is 0 Å². The van der Waals surface area contributed by atoms with Crippen LogP contribution in [0.25, 0.3) is 11.0 Å². The Labute approximate surface area is 184 Å². The summed E-state index contributed by atoms with van der Waals surface area (Å²) in [6.45, 7) is 0.0353. The summed E-state index contributed by atoms with van der Waals surface area (Å²) in [5.74, 6) is -2.03. The number of hydrogen-bond donors (Lipinski definition) is 4. The van der Waals surface area contributed by atoms with Gasteiger partial charge in [-0.1, -0.05) is 28.1 Å². The first-order chi connectivity index (χ1) is 14.8. The van der Waals surface area contributed by atoms with Gasteiger partial charge in [0.15, 0.2) is 0 Å². The molecule has 3 aromatic rings. The highest BCUT2D eigenvalue weighted by molar-refractivity contribution is 9.10. The van der Waals surface area contributed by atoms with E-state index in [0.29, 0.717) is 39.5 Å². The SMILES string of the molecule is NC(=O)C1(C(=O)NCc2ccc(CNC(=O)c3cc(Br)cc4n[nH]nc34)c(F)c2)CC1. The number of hydrogen-bond acceptors (Lipinski definition) is 5. The zero-order valence-corrected chi connectivity index (χ0v) is 17.8. The molecule has 1 aromatic heterocycles. The van der Waals surface area contributed by atoms with Gasteiger partial charge in [-0.2, -0.15) is 15.4 Å². The average Bonchev–Trinajstić information content (AvgIpc) is 3.43. The van der Waals surface area contributed by atoms with E-state index in [2.05, 4.69) is 42.0 Å². The maximum Gasteiger partial charge on any atom is 0.253 e. The van der Waals surface area contributed by atoms with Crippen LogP contribution in [0, 0.1) is 11.2 Å². The van der Waals surface area contributed by atoms with Crippen LogP contribution < -0.4 is 16.4 Å². The minimum absolute atomic E-state index is 0.0338. The molecule has 3 amide bonds. The number of nitrogens with zero attached hydrogens (tertiary/aromatic N) is 2. The number of aromatic amines is 1. The van der Waals surface area contributed by atoms with Crippen molar-refractivity contribution in [1.29, 1.82) is 0 Å². The highest BCUT2D eigenvalue weighted by Gasteiger charge is 2.55. The van der Waals surface area contributed by atoms with Gasteiger partial charge < -0.3 is 16.4 Å². The Balaban J connectivity index is 1.38. The predicted octanol–water partition coefficient (Wildman–Crippen LogP) is 1.67. The number of nitrogens with two attached hydrogens (primary N) is 1. The third kappa shape index (κ3) is 4.13. The summed E-state index contributed by atoms with van der Waals surface area (Å²) in [4.78, 5) is 36.1. The molecule has 0 atom stereocenters. The minimum atomic E-state index is -1.12. The Bertz CT molecular complexity index is 1210. The molecule has 1 saturated carbocycles. The van der Waals surface area contributed by atoms with Crippen LogP contribution in [-0.2, 0) is 22.7 Å². The number of benzene rings is 2. The van der Waals surface area contributed by atoms with E-state index in [0.717, 1.165) is 0 Å². The van der Waals surface area contributed by atoms with Crippen molar-refractivity contribution in [1.82, 2.24) is 26.0 Å². The number of nitrogens with one attached hydrogen (secondary N) is 3. The zero-order chi connectivity index (χ0) is 22.2. The molecule has 0 saturated heterocycles. The molecular weight excluding hydrogens is 471 g/mol. The number of aromatic nitrogens is 3. The molecule has 0 bridgehead atoms. The summed E-state index contributed by atoms with van der Waals surface area (Å²) in [6, 6.07) is 7.79. The van der Waals surface area contributed by atoms with E-state index in [1.54, 1.807) is 18.2 Å². The third-order valence-corrected chi connectivity index (χ3v) is 5.76. The van der Waals surface area contributed by atoms with Gasteiger partial charge in [0.2, 0.25) is 11.8 Å². The Kier molecular flexibility index (Phi) is 5.44. The maximum absolute atomic E-state index is 14.5.